The van der Waals surface area contributed by atoms with E-state index < -0.39 is 5.97 Å². The van der Waals surface area contributed by atoms with Crippen LogP contribution in [-0.4, -0.2) is 45.1 Å². The van der Waals surface area contributed by atoms with Crippen LogP contribution >= 0.6 is 11.8 Å². The van der Waals surface area contributed by atoms with E-state index in [1.54, 1.807) is 0 Å². The number of thioether (sulfide) groups is 1. The van der Waals surface area contributed by atoms with Gasteiger partial charge in [0.2, 0.25) is 0 Å². The molecule has 0 amide bonds. The van der Waals surface area contributed by atoms with E-state index in [0.29, 0.717) is 0 Å². The normalized spacial score (nSPS) is 20.0. The summed E-state index contributed by atoms with van der Waals surface area (Å²) in [5, 5.41) is 10.3. The Balaban J connectivity index is 1.85. The summed E-state index contributed by atoms with van der Waals surface area (Å²) in [5.41, 5.74) is 3.64. The molecule has 1 saturated heterocycles. The summed E-state index contributed by atoms with van der Waals surface area (Å²) < 4.78 is 0. The predicted octanol–water partition coefficient (Wildman–Crippen LogP) is 2.87. The molecular formula is C16H20N2O2S. The number of aryl methyl sites for hydroxylation is 1. The zero-order valence-electron chi connectivity index (χ0n) is 12.1. The van der Waals surface area contributed by atoms with Gasteiger partial charge in [-0.3, -0.25) is 9.69 Å². The molecule has 3 rings (SSSR count). The molecule has 0 bridgehead atoms. The van der Waals surface area contributed by atoms with Gasteiger partial charge in [-0.05, 0) is 18.6 Å². The zero-order valence-corrected chi connectivity index (χ0v) is 12.9. The second kappa shape index (κ2) is 6.12. The Labute approximate surface area is 128 Å². The second-order valence-corrected chi connectivity index (χ2v) is 6.72. The topological polar surface area (TPSA) is 56.3 Å². The summed E-state index contributed by atoms with van der Waals surface area (Å²) in [5.74, 6) is 1.29. The first-order valence-corrected chi connectivity index (χ1v) is 8.40. The molecule has 5 heteroatoms. The van der Waals surface area contributed by atoms with Gasteiger partial charge in [-0.15, -0.1) is 0 Å². The highest BCUT2D eigenvalue weighted by Crippen LogP contribution is 2.27. The van der Waals surface area contributed by atoms with Gasteiger partial charge in [-0.2, -0.15) is 11.8 Å². The molecule has 1 fully saturated rings. The van der Waals surface area contributed by atoms with Crippen molar-refractivity contribution in [1.29, 1.82) is 0 Å². The van der Waals surface area contributed by atoms with E-state index in [4.69, 9.17) is 5.11 Å². The fraction of sp³-hybridized carbons (Fsp3) is 0.438. The number of carboxylic acid groups (broad SMARTS) is 1. The SMILES string of the molecule is Cc1[nH]c2ccccc2c1CN1CCSCC1CC(=O)O. The quantitative estimate of drug-likeness (QED) is 0.912. The number of carbonyl (C=O) groups is 1. The van der Waals surface area contributed by atoms with Crippen LogP contribution in [0.4, 0.5) is 0 Å². The van der Waals surface area contributed by atoms with Crippen molar-refractivity contribution in [1.82, 2.24) is 9.88 Å². The van der Waals surface area contributed by atoms with Gasteiger partial charge in [0.05, 0.1) is 6.42 Å². The summed E-state index contributed by atoms with van der Waals surface area (Å²) in [6.07, 6.45) is 0.231. The molecule has 1 unspecified atom stereocenters. The van der Waals surface area contributed by atoms with E-state index in [0.717, 1.165) is 30.1 Å². The lowest BCUT2D eigenvalue weighted by atomic mass is 10.1. The molecule has 0 spiro atoms. The highest BCUT2D eigenvalue weighted by atomic mass is 32.2. The van der Waals surface area contributed by atoms with Crippen molar-refractivity contribution in [2.45, 2.75) is 25.9 Å². The molecule has 0 aliphatic carbocycles. The third kappa shape index (κ3) is 3.09. The Morgan fingerprint density at radius 1 is 1.48 bits per heavy atom. The number of para-hydroxylation sites is 1. The monoisotopic (exact) mass is 304 g/mol. The molecule has 1 aromatic heterocycles. The van der Waals surface area contributed by atoms with Crippen molar-refractivity contribution >= 4 is 28.6 Å². The molecule has 112 valence electrons. The maximum absolute atomic E-state index is 11.1. The number of aromatic nitrogens is 1. The lowest BCUT2D eigenvalue weighted by Crippen LogP contribution is -2.43. The largest absolute Gasteiger partial charge is 0.481 e. The summed E-state index contributed by atoms with van der Waals surface area (Å²) in [7, 11) is 0. The van der Waals surface area contributed by atoms with Crippen LogP contribution in [0.2, 0.25) is 0 Å². The number of rotatable bonds is 4. The molecule has 1 atom stereocenters. The number of aliphatic carboxylic acids is 1. The van der Waals surface area contributed by atoms with Gasteiger partial charge in [0.25, 0.3) is 0 Å². The van der Waals surface area contributed by atoms with Crippen LogP contribution in [0.5, 0.6) is 0 Å². The van der Waals surface area contributed by atoms with Crippen molar-refractivity contribution in [2.75, 3.05) is 18.1 Å². The molecule has 1 aliphatic heterocycles. The fourth-order valence-electron chi connectivity index (χ4n) is 3.03. The molecule has 0 radical (unpaired) electrons. The van der Waals surface area contributed by atoms with Crippen LogP contribution in [0.1, 0.15) is 17.7 Å². The van der Waals surface area contributed by atoms with E-state index in [2.05, 4.69) is 35.0 Å². The molecule has 0 saturated carbocycles. The summed E-state index contributed by atoms with van der Waals surface area (Å²) in [6.45, 7) is 3.89. The lowest BCUT2D eigenvalue weighted by Gasteiger charge is -2.34. The van der Waals surface area contributed by atoms with Crippen LogP contribution in [-0.2, 0) is 11.3 Å². The molecule has 2 aromatic rings. The minimum absolute atomic E-state index is 0.134. The zero-order chi connectivity index (χ0) is 14.8. The van der Waals surface area contributed by atoms with Gasteiger partial charge < -0.3 is 10.1 Å². The molecule has 21 heavy (non-hydrogen) atoms. The number of hydrogen-bond acceptors (Lipinski definition) is 3. The van der Waals surface area contributed by atoms with Gasteiger partial charge >= 0.3 is 5.97 Å². The number of carboxylic acids is 1. The van der Waals surface area contributed by atoms with Crippen LogP contribution in [0, 0.1) is 6.92 Å². The summed E-state index contributed by atoms with van der Waals surface area (Å²) in [6, 6.07) is 8.45. The molecule has 2 N–H and O–H groups in total. The first-order chi connectivity index (χ1) is 10.1. The van der Waals surface area contributed by atoms with Gasteiger partial charge in [0.1, 0.15) is 0 Å². The minimum Gasteiger partial charge on any atom is -0.481 e. The van der Waals surface area contributed by atoms with Gasteiger partial charge in [-0.25, -0.2) is 0 Å². The average Bonchev–Trinajstić information content (AvgIpc) is 2.77. The van der Waals surface area contributed by atoms with Crippen molar-refractivity contribution in [3.8, 4) is 0 Å². The van der Waals surface area contributed by atoms with Crippen LogP contribution < -0.4 is 0 Å². The van der Waals surface area contributed by atoms with Crippen LogP contribution in [0.15, 0.2) is 24.3 Å². The number of nitrogens with zero attached hydrogens (tertiary/aromatic N) is 1. The summed E-state index contributed by atoms with van der Waals surface area (Å²) in [4.78, 5) is 16.8. The number of H-pyrrole nitrogens is 1. The van der Waals surface area contributed by atoms with Gasteiger partial charge in [-0.1, -0.05) is 18.2 Å². The third-order valence-electron chi connectivity index (χ3n) is 4.15. The second-order valence-electron chi connectivity index (χ2n) is 5.57. The van der Waals surface area contributed by atoms with E-state index >= 15 is 0 Å². The molecule has 1 aliphatic rings. The number of fused-ring (bicyclic) bond motifs is 1. The lowest BCUT2D eigenvalue weighted by molar-refractivity contribution is -0.138. The molecular weight excluding hydrogens is 284 g/mol. The van der Waals surface area contributed by atoms with E-state index in [9.17, 15) is 4.79 Å². The molecule has 2 heterocycles. The van der Waals surface area contributed by atoms with Crippen molar-refractivity contribution in [3.05, 3.63) is 35.5 Å². The van der Waals surface area contributed by atoms with Gasteiger partial charge in [0, 0.05) is 47.2 Å². The minimum atomic E-state index is -0.705. The third-order valence-corrected chi connectivity index (χ3v) is 5.24. The highest BCUT2D eigenvalue weighted by molar-refractivity contribution is 7.99. The number of hydrogen-bond donors (Lipinski definition) is 2. The molecule has 1 aromatic carbocycles. The van der Waals surface area contributed by atoms with Crippen molar-refractivity contribution in [2.24, 2.45) is 0 Å². The first-order valence-electron chi connectivity index (χ1n) is 7.25. The molecule has 4 nitrogen and oxygen atoms in total. The Bertz CT molecular complexity index is 653. The number of benzene rings is 1. The van der Waals surface area contributed by atoms with E-state index in [1.807, 2.05) is 17.8 Å². The maximum Gasteiger partial charge on any atom is 0.304 e. The smallest absolute Gasteiger partial charge is 0.304 e. The van der Waals surface area contributed by atoms with E-state index in [1.165, 1.54) is 16.6 Å². The highest BCUT2D eigenvalue weighted by Gasteiger charge is 2.26. The average molecular weight is 304 g/mol. The van der Waals surface area contributed by atoms with E-state index in [-0.39, 0.29) is 12.5 Å². The fourth-order valence-corrected chi connectivity index (χ4v) is 4.16. The Morgan fingerprint density at radius 2 is 2.29 bits per heavy atom. The Kier molecular flexibility index (Phi) is 4.22. The number of aromatic amines is 1. The van der Waals surface area contributed by atoms with Crippen molar-refractivity contribution < 1.29 is 9.90 Å². The van der Waals surface area contributed by atoms with Crippen molar-refractivity contribution in [3.63, 3.8) is 0 Å². The Hall–Kier alpha value is -1.46. The standard InChI is InChI=1S/C16H20N2O2S/c1-11-14(13-4-2-3-5-15(13)17-11)9-18-6-7-21-10-12(18)8-16(19)20/h2-5,12,17H,6-10H2,1H3,(H,19,20). The van der Waals surface area contributed by atoms with Crippen LogP contribution in [0.25, 0.3) is 10.9 Å². The summed E-state index contributed by atoms with van der Waals surface area (Å²) >= 11 is 1.86. The number of nitrogens with one attached hydrogen (secondary N) is 1. The first kappa shape index (κ1) is 14.5. The van der Waals surface area contributed by atoms with Gasteiger partial charge in [0.15, 0.2) is 0 Å². The van der Waals surface area contributed by atoms with Crippen LogP contribution in [0.3, 0.4) is 0 Å². The maximum atomic E-state index is 11.1. The predicted molar refractivity (Wildman–Crippen MR) is 86.8 cm³/mol. The Morgan fingerprint density at radius 3 is 3.10 bits per heavy atom.